The Hall–Kier alpha value is -2.24. The second-order valence-corrected chi connectivity index (χ2v) is 7.86. The van der Waals surface area contributed by atoms with Crippen molar-refractivity contribution in [2.24, 2.45) is 0 Å². The predicted molar refractivity (Wildman–Crippen MR) is 101 cm³/mol. The van der Waals surface area contributed by atoms with E-state index in [-0.39, 0.29) is 11.1 Å². The fourth-order valence-electron chi connectivity index (χ4n) is 4.06. The lowest BCUT2D eigenvalue weighted by Gasteiger charge is -2.17. The first kappa shape index (κ1) is 16.0. The molecule has 1 fully saturated rings. The highest BCUT2D eigenvalue weighted by atomic mass is 32.1. The number of rotatable bonds is 1. The molecule has 5 rings (SSSR count). The number of benzene rings is 2. The van der Waals surface area contributed by atoms with E-state index in [1.807, 2.05) is 24.3 Å². The fourth-order valence-corrected chi connectivity index (χ4v) is 5.33. The summed E-state index contributed by atoms with van der Waals surface area (Å²) in [4.78, 5) is 3.19. The van der Waals surface area contributed by atoms with Crippen molar-refractivity contribution in [1.29, 1.82) is 0 Å². The Morgan fingerprint density at radius 2 is 1.69 bits per heavy atom. The van der Waals surface area contributed by atoms with Crippen molar-refractivity contribution < 1.29 is 13.9 Å². The summed E-state index contributed by atoms with van der Waals surface area (Å²) < 4.78 is 29.5. The van der Waals surface area contributed by atoms with E-state index in [9.17, 15) is 13.9 Å². The number of hydrogen-bond donors (Lipinski definition) is 1. The molecule has 3 aromatic rings. The summed E-state index contributed by atoms with van der Waals surface area (Å²) in [5.41, 5.74) is 2.35. The highest BCUT2D eigenvalue weighted by Crippen LogP contribution is 2.51. The Balaban J connectivity index is 1.85. The van der Waals surface area contributed by atoms with Crippen LogP contribution in [0, 0.1) is 11.6 Å². The van der Waals surface area contributed by atoms with Crippen LogP contribution in [0.25, 0.3) is 21.6 Å². The second kappa shape index (κ2) is 5.89. The molecule has 2 nitrogen and oxygen atoms in total. The summed E-state index contributed by atoms with van der Waals surface area (Å²) in [6.07, 6.45) is 1.11. The van der Waals surface area contributed by atoms with Crippen molar-refractivity contribution in [3.63, 3.8) is 0 Å². The number of thiophene rings is 1. The highest BCUT2D eigenvalue weighted by molar-refractivity contribution is 7.20. The minimum Gasteiger partial charge on any atom is -0.384 e. The highest BCUT2D eigenvalue weighted by Gasteiger charge is 2.32. The van der Waals surface area contributed by atoms with Gasteiger partial charge in [0, 0.05) is 34.7 Å². The van der Waals surface area contributed by atoms with E-state index in [0.717, 1.165) is 53.5 Å². The van der Waals surface area contributed by atoms with Gasteiger partial charge in [0.1, 0.15) is 17.7 Å². The van der Waals surface area contributed by atoms with Crippen LogP contribution in [0.5, 0.6) is 0 Å². The molecule has 0 amide bonds. The summed E-state index contributed by atoms with van der Waals surface area (Å²) in [5.74, 6) is -1.08. The molecule has 1 atom stereocenters. The van der Waals surface area contributed by atoms with E-state index in [1.54, 1.807) is 17.4 Å². The molecule has 0 radical (unpaired) electrons. The van der Waals surface area contributed by atoms with Gasteiger partial charge in [0.05, 0.1) is 5.00 Å². The van der Waals surface area contributed by atoms with Crippen molar-refractivity contribution >= 4 is 16.3 Å². The molecule has 0 spiro atoms. The average molecular weight is 369 g/mol. The Morgan fingerprint density at radius 3 is 2.50 bits per heavy atom. The third-order valence-electron chi connectivity index (χ3n) is 5.32. The van der Waals surface area contributed by atoms with Gasteiger partial charge in [0.15, 0.2) is 0 Å². The van der Waals surface area contributed by atoms with Gasteiger partial charge in [-0.15, -0.1) is 11.3 Å². The van der Waals surface area contributed by atoms with Gasteiger partial charge in [-0.05, 0) is 42.2 Å². The second-order valence-electron chi connectivity index (χ2n) is 6.83. The Kier molecular flexibility index (Phi) is 3.62. The van der Waals surface area contributed by atoms with Gasteiger partial charge in [-0.1, -0.05) is 24.3 Å². The standard InChI is InChI=1S/C21H17F2NOS/c22-15-7-8-16(23)19-18(15)14-11-17(24-9-3-4-10-24)26-21(14)13-6-2-1-5-12(13)20(19)25/h1-2,5-8,11,20,25H,3-4,9-10H2. The van der Waals surface area contributed by atoms with Crippen LogP contribution in [0.4, 0.5) is 13.8 Å². The third kappa shape index (κ3) is 2.24. The molecule has 2 aliphatic rings. The first-order valence-electron chi connectivity index (χ1n) is 8.79. The summed E-state index contributed by atoms with van der Waals surface area (Å²) in [6, 6.07) is 11.6. The van der Waals surface area contributed by atoms with Crippen molar-refractivity contribution in [1.82, 2.24) is 0 Å². The molecular formula is C21H17F2NOS. The molecule has 2 aromatic carbocycles. The SMILES string of the molecule is OC1c2ccccc2-c2sc(N3CCCC3)cc2-c2c(F)ccc(F)c21. The van der Waals surface area contributed by atoms with Gasteiger partial charge in [0.25, 0.3) is 0 Å². The summed E-state index contributed by atoms with van der Waals surface area (Å²) >= 11 is 1.59. The Bertz CT molecular complexity index is 1010. The molecule has 0 bridgehead atoms. The number of halogens is 2. The predicted octanol–water partition coefficient (Wildman–Crippen LogP) is 5.36. The lowest BCUT2D eigenvalue weighted by atomic mass is 9.95. The number of anilines is 1. The number of hydrogen-bond acceptors (Lipinski definition) is 3. The minimum absolute atomic E-state index is 0.0296. The van der Waals surface area contributed by atoms with E-state index < -0.39 is 17.7 Å². The smallest absolute Gasteiger partial charge is 0.131 e. The first-order valence-corrected chi connectivity index (χ1v) is 9.61. The molecule has 1 aliphatic heterocycles. The maximum Gasteiger partial charge on any atom is 0.131 e. The van der Waals surface area contributed by atoms with Gasteiger partial charge in [0.2, 0.25) is 0 Å². The zero-order valence-electron chi connectivity index (χ0n) is 14.0. The molecule has 132 valence electrons. The summed E-state index contributed by atoms with van der Waals surface area (Å²) in [6.45, 7) is 1.98. The minimum atomic E-state index is -1.19. The third-order valence-corrected chi connectivity index (χ3v) is 6.55. The topological polar surface area (TPSA) is 23.5 Å². The maximum absolute atomic E-state index is 14.8. The first-order chi connectivity index (χ1) is 12.6. The molecule has 5 heteroatoms. The largest absolute Gasteiger partial charge is 0.384 e. The van der Waals surface area contributed by atoms with Crippen molar-refractivity contribution in [3.05, 3.63) is 65.2 Å². The molecule has 0 saturated carbocycles. The van der Waals surface area contributed by atoms with Gasteiger partial charge in [-0.2, -0.15) is 0 Å². The van der Waals surface area contributed by atoms with Crippen LogP contribution in [0.1, 0.15) is 30.1 Å². The van der Waals surface area contributed by atoms with Crippen molar-refractivity contribution in [3.8, 4) is 21.6 Å². The quantitative estimate of drug-likeness (QED) is 0.625. The zero-order chi connectivity index (χ0) is 17.8. The van der Waals surface area contributed by atoms with Gasteiger partial charge >= 0.3 is 0 Å². The van der Waals surface area contributed by atoms with Crippen LogP contribution in [0.3, 0.4) is 0 Å². The van der Waals surface area contributed by atoms with Crippen LogP contribution < -0.4 is 4.90 Å². The number of aliphatic hydroxyl groups is 1. The van der Waals surface area contributed by atoms with Crippen LogP contribution in [-0.4, -0.2) is 18.2 Å². The lowest BCUT2D eigenvalue weighted by molar-refractivity contribution is 0.216. The average Bonchev–Trinajstić information content (AvgIpc) is 3.30. The molecule has 1 N–H and O–H groups in total. The van der Waals surface area contributed by atoms with Crippen LogP contribution in [0.15, 0.2) is 42.5 Å². The summed E-state index contributed by atoms with van der Waals surface area (Å²) in [7, 11) is 0. The molecule has 2 heterocycles. The van der Waals surface area contributed by atoms with Gasteiger partial charge in [-0.25, -0.2) is 8.78 Å². The molecule has 1 aromatic heterocycles. The molecular weight excluding hydrogens is 352 g/mol. The van der Waals surface area contributed by atoms with Gasteiger partial charge < -0.3 is 10.0 Å². The number of fused-ring (bicyclic) bond motifs is 5. The monoisotopic (exact) mass is 369 g/mol. The van der Waals surface area contributed by atoms with Crippen LogP contribution >= 0.6 is 11.3 Å². The van der Waals surface area contributed by atoms with Crippen molar-refractivity contribution in [2.45, 2.75) is 18.9 Å². The van der Waals surface area contributed by atoms with Crippen molar-refractivity contribution in [2.75, 3.05) is 18.0 Å². The molecule has 26 heavy (non-hydrogen) atoms. The normalized spacial score (nSPS) is 18.3. The Labute approximate surface area is 154 Å². The van der Waals surface area contributed by atoms with E-state index >= 15 is 0 Å². The molecule has 1 aliphatic carbocycles. The lowest BCUT2D eigenvalue weighted by Crippen LogP contribution is -2.15. The number of aliphatic hydroxyl groups excluding tert-OH is 1. The maximum atomic E-state index is 14.8. The van der Waals surface area contributed by atoms with E-state index in [4.69, 9.17) is 0 Å². The molecule has 1 unspecified atom stereocenters. The van der Waals surface area contributed by atoms with E-state index in [1.165, 1.54) is 0 Å². The van der Waals surface area contributed by atoms with E-state index in [0.29, 0.717) is 11.1 Å². The zero-order valence-corrected chi connectivity index (χ0v) is 14.8. The van der Waals surface area contributed by atoms with Crippen LogP contribution in [-0.2, 0) is 0 Å². The molecule has 1 saturated heterocycles. The van der Waals surface area contributed by atoms with Gasteiger partial charge in [-0.3, -0.25) is 0 Å². The fraction of sp³-hybridized carbons (Fsp3) is 0.238. The van der Waals surface area contributed by atoms with E-state index in [2.05, 4.69) is 4.90 Å². The number of nitrogens with zero attached hydrogens (tertiary/aromatic N) is 1. The van der Waals surface area contributed by atoms with Crippen LogP contribution in [0.2, 0.25) is 0 Å². The Morgan fingerprint density at radius 1 is 0.962 bits per heavy atom. The summed E-state index contributed by atoms with van der Waals surface area (Å²) in [5, 5.41) is 11.9.